The molecule has 0 aliphatic rings. The molecule has 2 rings (SSSR count). The Morgan fingerprint density at radius 3 is 2.63 bits per heavy atom. The highest BCUT2D eigenvalue weighted by Gasteiger charge is 2.09. The van der Waals surface area contributed by atoms with Gasteiger partial charge in [-0.15, -0.1) is 0 Å². The Balaban J connectivity index is 2.02. The molecule has 1 heterocycles. The van der Waals surface area contributed by atoms with Gasteiger partial charge in [0, 0.05) is 16.6 Å². The predicted octanol–water partition coefficient (Wildman–Crippen LogP) is 4.41. The number of hydrogen-bond donors (Lipinski definition) is 1. The summed E-state index contributed by atoms with van der Waals surface area (Å²) in [6.07, 6.45) is 0. The molecule has 0 aliphatic carbocycles. The van der Waals surface area contributed by atoms with Crippen LogP contribution >= 0.6 is 31.9 Å². The van der Waals surface area contributed by atoms with Crippen LogP contribution in [0.4, 0.5) is 0 Å². The lowest BCUT2D eigenvalue weighted by molar-refractivity contribution is 0.403. The van der Waals surface area contributed by atoms with E-state index in [1.807, 2.05) is 31.2 Å². The normalized spacial score (nSPS) is 10.7. The third-order valence-corrected chi connectivity index (χ3v) is 3.75. The predicted molar refractivity (Wildman–Crippen MR) is 82.4 cm³/mol. The van der Waals surface area contributed by atoms with Crippen molar-refractivity contribution in [3.05, 3.63) is 50.3 Å². The molecular formula is C14H15Br2NO2. The van der Waals surface area contributed by atoms with Crippen molar-refractivity contribution in [3.8, 4) is 5.75 Å². The van der Waals surface area contributed by atoms with E-state index in [2.05, 4.69) is 37.2 Å². The highest BCUT2D eigenvalue weighted by Crippen LogP contribution is 2.32. The Morgan fingerprint density at radius 2 is 2.00 bits per heavy atom. The summed E-state index contributed by atoms with van der Waals surface area (Å²) in [5, 5.41) is 3.35. The number of furan rings is 1. The number of hydrogen-bond acceptors (Lipinski definition) is 3. The van der Waals surface area contributed by atoms with Crippen molar-refractivity contribution in [3.63, 3.8) is 0 Å². The van der Waals surface area contributed by atoms with Crippen LogP contribution in [0.3, 0.4) is 0 Å². The van der Waals surface area contributed by atoms with E-state index in [4.69, 9.17) is 9.15 Å². The zero-order valence-corrected chi connectivity index (χ0v) is 14.0. The van der Waals surface area contributed by atoms with Crippen LogP contribution in [0.5, 0.6) is 5.75 Å². The van der Waals surface area contributed by atoms with E-state index in [-0.39, 0.29) is 0 Å². The lowest BCUT2D eigenvalue weighted by Gasteiger charge is -2.11. The van der Waals surface area contributed by atoms with Crippen LogP contribution in [0.2, 0.25) is 0 Å². The lowest BCUT2D eigenvalue weighted by Crippen LogP contribution is -2.13. The van der Waals surface area contributed by atoms with Crippen molar-refractivity contribution >= 4 is 31.9 Å². The first kappa shape index (κ1) is 14.6. The summed E-state index contributed by atoms with van der Waals surface area (Å²) in [6.45, 7) is 3.35. The van der Waals surface area contributed by atoms with Gasteiger partial charge >= 0.3 is 0 Å². The molecule has 0 radical (unpaired) electrons. The second-order valence-electron chi connectivity index (χ2n) is 4.20. The van der Waals surface area contributed by atoms with Crippen LogP contribution in [-0.2, 0) is 13.1 Å². The van der Waals surface area contributed by atoms with Crippen LogP contribution in [-0.4, -0.2) is 7.11 Å². The first-order chi connectivity index (χ1) is 9.10. The average Bonchev–Trinajstić information content (AvgIpc) is 2.74. The highest BCUT2D eigenvalue weighted by molar-refractivity contribution is 9.11. The quantitative estimate of drug-likeness (QED) is 0.823. The number of rotatable bonds is 5. The number of aryl methyl sites for hydroxylation is 1. The second-order valence-corrected chi connectivity index (χ2v) is 5.97. The maximum atomic E-state index is 5.51. The molecule has 0 amide bonds. The Hall–Kier alpha value is -0.780. The summed E-state index contributed by atoms with van der Waals surface area (Å²) in [5.41, 5.74) is 1.09. The van der Waals surface area contributed by atoms with E-state index >= 15 is 0 Å². The Labute approximate surface area is 129 Å². The van der Waals surface area contributed by atoms with E-state index in [1.165, 1.54) is 0 Å². The van der Waals surface area contributed by atoms with Crippen molar-refractivity contribution in [1.29, 1.82) is 0 Å². The van der Waals surface area contributed by atoms with Crippen molar-refractivity contribution in [2.24, 2.45) is 0 Å². The summed E-state index contributed by atoms with van der Waals surface area (Å²) in [5.74, 6) is 2.72. The largest absolute Gasteiger partial charge is 0.495 e. The third kappa shape index (κ3) is 3.84. The third-order valence-electron chi connectivity index (χ3n) is 2.70. The Morgan fingerprint density at radius 1 is 1.21 bits per heavy atom. The second kappa shape index (κ2) is 6.59. The number of nitrogens with one attached hydrogen (secondary N) is 1. The topological polar surface area (TPSA) is 34.4 Å². The molecule has 19 heavy (non-hydrogen) atoms. The number of benzene rings is 1. The van der Waals surface area contributed by atoms with E-state index in [9.17, 15) is 0 Å². The highest BCUT2D eigenvalue weighted by atomic mass is 79.9. The fourth-order valence-electron chi connectivity index (χ4n) is 1.87. The van der Waals surface area contributed by atoms with Gasteiger partial charge in [0.2, 0.25) is 0 Å². The molecule has 2 aromatic rings. The number of methoxy groups -OCH3 is 1. The van der Waals surface area contributed by atoms with Crippen molar-refractivity contribution < 1.29 is 9.15 Å². The van der Waals surface area contributed by atoms with Crippen molar-refractivity contribution in [2.75, 3.05) is 7.11 Å². The van der Waals surface area contributed by atoms with Crippen molar-refractivity contribution in [2.45, 2.75) is 20.0 Å². The molecule has 0 atom stereocenters. The minimum absolute atomic E-state index is 0.696. The van der Waals surface area contributed by atoms with Crippen LogP contribution in [0.15, 0.2) is 37.6 Å². The number of halogens is 2. The fraction of sp³-hybridized carbons (Fsp3) is 0.286. The van der Waals surface area contributed by atoms with Gasteiger partial charge in [-0.2, -0.15) is 0 Å². The Kier molecular flexibility index (Phi) is 5.07. The summed E-state index contributed by atoms with van der Waals surface area (Å²) in [4.78, 5) is 0. The van der Waals surface area contributed by atoms with E-state index in [0.29, 0.717) is 13.1 Å². The molecule has 3 nitrogen and oxygen atoms in total. The molecule has 0 bridgehead atoms. The van der Waals surface area contributed by atoms with Gasteiger partial charge in [0.25, 0.3) is 0 Å². The van der Waals surface area contributed by atoms with Crippen LogP contribution in [0.25, 0.3) is 0 Å². The monoisotopic (exact) mass is 387 g/mol. The van der Waals surface area contributed by atoms with Gasteiger partial charge in [-0.1, -0.05) is 15.9 Å². The van der Waals surface area contributed by atoms with Gasteiger partial charge in [-0.05, 0) is 47.1 Å². The number of ether oxygens (including phenoxy) is 1. The van der Waals surface area contributed by atoms with Gasteiger partial charge in [0.05, 0.1) is 18.1 Å². The SMILES string of the molecule is COc1c(Br)cc(Br)cc1CNCc1ccc(C)o1. The van der Waals surface area contributed by atoms with Gasteiger partial charge < -0.3 is 14.5 Å². The minimum Gasteiger partial charge on any atom is -0.495 e. The van der Waals surface area contributed by atoms with Crippen molar-refractivity contribution in [1.82, 2.24) is 5.32 Å². The summed E-state index contributed by atoms with van der Waals surface area (Å²) >= 11 is 6.98. The summed E-state index contributed by atoms with van der Waals surface area (Å²) < 4.78 is 12.9. The van der Waals surface area contributed by atoms with Crippen LogP contribution in [0, 0.1) is 6.92 Å². The van der Waals surface area contributed by atoms with Gasteiger partial charge in [0.15, 0.2) is 0 Å². The molecule has 1 aromatic carbocycles. The molecule has 0 spiro atoms. The van der Waals surface area contributed by atoms with Gasteiger partial charge in [-0.25, -0.2) is 0 Å². The molecule has 1 N–H and O–H groups in total. The van der Waals surface area contributed by atoms with Gasteiger partial charge in [0.1, 0.15) is 17.3 Å². The minimum atomic E-state index is 0.696. The summed E-state index contributed by atoms with van der Waals surface area (Å²) in [7, 11) is 1.67. The average molecular weight is 389 g/mol. The molecule has 0 saturated carbocycles. The van der Waals surface area contributed by atoms with Gasteiger partial charge in [-0.3, -0.25) is 0 Å². The zero-order valence-electron chi connectivity index (χ0n) is 10.8. The standard InChI is InChI=1S/C14H15Br2NO2/c1-9-3-4-12(19-9)8-17-7-10-5-11(15)6-13(16)14(10)18-2/h3-6,17H,7-8H2,1-2H3. The molecule has 0 fully saturated rings. The Bertz CT molecular complexity index is 567. The first-order valence-corrected chi connectivity index (χ1v) is 7.46. The maximum absolute atomic E-state index is 5.51. The first-order valence-electron chi connectivity index (χ1n) is 5.88. The summed E-state index contributed by atoms with van der Waals surface area (Å²) in [6, 6.07) is 7.96. The maximum Gasteiger partial charge on any atom is 0.137 e. The zero-order chi connectivity index (χ0) is 13.8. The van der Waals surface area contributed by atoms with Crippen LogP contribution in [0.1, 0.15) is 17.1 Å². The molecular weight excluding hydrogens is 374 g/mol. The molecule has 0 saturated heterocycles. The fourth-order valence-corrected chi connectivity index (χ4v) is 3.35. The smallest absolute Gasteiger partial charge is 0.137 e. The lowest BCUT2D eigenvalue weighted by atomic mass is 10.2. The van der Waals surface area contributed by atoms with Crippen LogP contribution < -0.4 is 10.1 Å². The molecule has 0 aliphatic heterocycles. The molecule has 5 heteroatoms. The van der Waals surface area contributed by atoms with E-state index in [1.54, 1.807) is 7.11 Å². The van der Waals surface area contributed by atoms with E-state index in [0.717, 1.165) is 31.8 Å². The van der Waals surface area contributed by atoms with E-state index < -0.39 is 0 Å². The molecule has 102 valence electrons. The molecule has 0 unspecified atom stereocenters. The molecule has 1 aromatic heterocycles.